The second-order valence-electron chi connectivity index (χ2n) is 3.87. The van der Waals surface area contributed by atoms with Crippen LogP contribution in [0.15, 0.2) is 28.9 Å². The zero-order valence-electron chi connectivity index (χ0n) is 9.52. The van der Waals surface area contributed by atoms with Crippen molar-refractivity contribution in [3.05, 3.63) is 51.5 Å². The molecule has 0 amide bonds. The molecule has 1 heterocycles. The second-order valence-corrected chi connectivity index (χ2v) is 4.72. The average molecular weight is 313 g/mol. The quantitative estimate of drug-likeness (QED) is 0.948. The molecule has 0 fully saturated rings. The lowest BCUT2D eigenvalue weighted by molar-refractivity contribution is 0.0696. The summed E-state index contributed by atoms with van der Waals surface area (Å²) in [5.41, 5.74) is 1.46. The van der Waals surface area contributed by atoms with E-state index in [2.05, 4.69) is 21.0 Å². The van der Waals surface area contributed by atoms with Gasteiger partial charge in [-0.05, 0) is 24.6 Å². The molecule has 0 radical (unpaired) electrons. The lowest BCUT2D eigenvalue weighted by Gasteiger charge is -2.04. The Labute approximate surface area is 111 Å². The minimum Gasteiger partial charge on any atom is -0.478 e. The minimum absolute atomic E-state index is 0.174. The predicted molar refractivity (Wildman–Crippen MR) is 67.1 cm³/mol. The third-order valence-corrected chi connectivity index (χ3v) is 3.26. The molecule has 18 heavy (non-hydrogen) atoms. The summed E-state index contributed by atoms with van der Waals surface area (Å²) >= 11 is 3.26. The maximum atomic E-state index is 12.9. The molecular formula is C12H10BrFN2O2. The minimum atomic E-state index is -1.00. The average Bonchev–Trinajstić information content (AvgIpc) is 2.64. The number of halogens is 2. The number of aromatic nitrogens is 2. The monoisotopic (exact) mass is 312 g/mol. The Hall–Kier alpha value is -1.69. The van der Waals surface area contributed by atoms with Crippen LogP contribution < -0.4 is 0 Å². The van der Waals surface area contributed by atoms with Crippen molar-refractivity contribution < 1.29 is 14.3 Å². The molecule has 0 saturated carbocycles. The number of aryl methyl sites for hydroxylation is 1. The molecule has 6 heteroatoms. The lowest BCUT2D eigenvalue weighted by Crippen LogP contribution is -2.01. The molecule has 0 unspecified atom stereocenters. The molecular weight excluding hydrogens is 303 g/mol. The van der Waals surface area contributed by atoms with E-state index in [1.807, 2.05) is 0 Å². The molecule has 4 nitrogen and oxygen atoms in total. The van der Waals surface area contributed by atoms with Crippen molar-refractivity contribution in [1.29, 1.82) is 0 Å². The topological polar surface area (TPSA) is 55.1 Å². The molecule has 94 valence electrons. The van der Waals surface area contributed by atoms with Gasteiger partial charge in [-0.25, -0.2) is 9.18 Å². The summed E-state index contributed by atoms with van der Waals surface area (Å²) in [5.74, 6) is -1.33. The Morgan fingerprint density at radius 3 is 2.83 bits per heavy atom. The van der Waals surface area contributed by atoms with Gasteiger partial charge in [0.2, 0.25) is 0 Å². The van der Waals surface area contributed by atoms with Crippen LogP contribution >= 0.6 is 15.9 Å². The third-order valence-electron chi connectivity index (χ3n) is 2.52. The Morgan fingerprint density at radius 2 is 2.28 bits per heavy atom. The van der Waals surface area contributed by atoms with Gasteiger partial charge in [0.1, 0.15) is 11.4 Å². The van der Waals surface area contributed by atoms with Gasteiger partial charge in [0.15, 0.2) is 0 Å². The summed E-state index contributed by atoms with van der Waals surface area (Å²) in [6.45, 7) is 2.02. The van der Waals surface area contributed by atoms with Gasteiger partial charge in [0, 0.05) is 10.7 Å². The summed E-state index contributed by atoms with van der Waals surface area (Å²) < 4.78 is 15.1. The Morgan fingerprint density at radius 1 is 1.56 bits per heavy atom. The number of carbonyl (C=O) groups is 1. The van der Waals surface area contributed by atoms with Gasteiger partial charge < -0.3 is 5.11 Å². The second kappa shape index (κ2) is 4.89. The van der Waals surface area contributed by atoms with Crippen molar-refractivity contribution in [3.63, 3.8) is 0 Å². The maximum absolute atomic E-state index is 12.9. The van der Waals surface area contributed by atoms with E-state index in [9.17, 15) is 9.18 Å². The molecule has 0 saturated heterocycles. The van der Waals surface area contributed by atoms with Crippen LogP contribution in [0.5, 0.6) is 0 Å². The SMILES string of the molecule is Cc1nn(Cc2ccc(F)cc2Br)cc1C(=O)O. The van der Waals surface area contributed by atoms with E-state index in [1.54, 1.807) is 13.0 Å². The number of hydrogen-bond donors (Lipinski definition) is 1. The summed E-state index contributed by atoms with van der Waals surface area (Å²) in [7, 11) is 0. The van der Waals surface area contributed by atoms with Crippen molar-refractivity contribution in [2.75, 3.05) is 0 Å². The third kappa shape index (κ3) is 2.59. The predicted octanol–water partition coefficient (Wildman–Crippen LogP) is 2.84. The first-order valence-corrected chi connectivity index (χ1v) is 5.98. The molecule has 0 spiro atoms. The van der Waals surface area contributed by atoms with Crippen molar-refractivity contribution >= 4 is 21.9 Å². The fraction of sp³-hybridized carbons (Fsp3) is 0.167. The normalized spacial score (nSPS) is 10.6. The summed E-state index contributed by atoms with van der Waals surface area (Å²) in [6.07, 6.45) is 1.47. The van der Waals surface area contributed by atoms with E-state index >= 15 is 0 Å². The van der Waals surface area contributed by atoms with Gasteiger partial charge in [0.05, 0.1) is 12.2 Å². The highest BCUT2D eigenvalue weighted by Gasteiger charge is 2.12. The van der Waals surface area contributed by atoms with E-state index in [4.69, 9.17) is 5.11 Å². The van der Waals surface area contributed by atoms with Crippen LogP contribution in [-0.2, 0) is 6.54 Å². The molecule has 0 aliphatic heterocycles. The van der Waals surface area contributed by atoms with Crippen molar-refractivity contribution in [3.8, 4) is 0 Å². The zero-order valence-corrected chi connectivity index (χ0v) is 11.1. The van der Waals surface area contributed by atoms with Crippen LogP contribution in [-0.4, -0.2) is 20.9 Å². The van der Waals surface area contributed by atoms with Gasteiger partial charge >= 0.3 is 5.97 Å². The van der Waals surface area contributed by atoms with E-state index in [0.29, 0.717) is 16.7 Å². The number of carboxylic acid groups (broad SMARTS) is 1. The summed E-state index contributed by atoms with van der Waals surface area (Å²) in [6, 6.07) is 4.36. The molecule has 1 aromatic carbocycles. The van der Waals surface area contributed by atoms with Crippen molar-refractivity contribution in [2.45, 2.75) is 13.5 Å². The highest BCUT2D eigenvalue weighted by Crippen LogP contribution is 2.19. The van der Waals surface area contributed by atoms with Crippen LogP contribution in [0.3, 0.4) is 0 Å². The van der Waals surface area contributed by atoms with Crippen LogP contribution in [0.25, 0.3) is 0 Å². The van der Waals surface area contributed by atoms with Gasteiger partial charge in [-0.2, -0.15) is 5.10 Å². The standard InChI is InChI=1S/C12H10BrFN2O2/c1-7-10(12(17)18)6-16(15-7)5-8-2-3-9(14)4-11(8)13/h2-4,6H,5H2,1H3,(H,17,18). The number of rotatable bonds is 3. The highest BCUT2D eigenvalue weighted by atomic mass is 79.9. The molecule has 0 aliphatic carbocycles. The van der Waals surface area contributed by atoms with E-state index < -0.39 is 5.97 Å². The maximum Gasteiger partial charge on any atom is 0.339 e. The van der Waals surface area contributed by atoms with Crippen LogP contribution in [0.1, 0.15) is 21.6 Å². The Bertz CT molecular complexity index is 610. The first-order chi connectivity index (χ1) is 8.47. The number of hydrogen-bond acceptors (Lipinski definition) is 2. The van der Waals surface area contributed by atoms with Gasteiger partial charge in [-0.3, -0.25) is 4.68 Å². The van der Waals surface area contributed by atoms with Gasteiger partial charge in [0.25, 0.3) is 0 Å². The molecule has 2 aromatic rings. The molecule has 0 atom stereocenters. The van der Waals surface area contributed by atoms with Crippen LogP contribution in [0.4, 0.5) is 4.39 Å². The molecule has 1 aromatic heterocycles. The van der Waals surface area contributed by atoms with E-state index in [-0.39, 0.29) is 11.4 Å². The van der Waals surface area contributed by atoms with Crippen LogP contribution in [0.2, 0.25) is 0 Å². The largest absolute Gasteiger partial charge is 0.478 e. The van der Waals surface area contributed by atoms with Gasteiger partial charge in [-0.15, -0.1) is 0 Å². The Balaban J connectivity index is 2.29. The number of aromatic carboxylic acids is 1. The van der Waals surface area contributed by atoms with Gasteiger partial charge in [-0.1, -0.05) is 22.0 Å². The lowest BCUT2D eigenvalue weighted by atomic mass is 10.2. The first-order valence-electron chi connectivity index (χ1n) is 5.18. The molecule has 0 aliphatic rings. The number of benzene rings is 1. The van der Waals surface area contributed by atoms with E-state index in [0.717, 1.165) is 5.56 Å². The summed E-state index contributed by atoms with van der Waals surface area (Å²) in [4.78, 5) is 10.9. The number of carboxylic acids is 1. The van der Waals surface area contributed by atoms with Crippen molar-refractivity contribution in [1.82, 2.24) is 9.78 Å². The van der Waals surface area contributed by atoms with Crippen LogP contribution in [0, 0.1) is 12.7 Å². The molecule has 2 rings (SSSR count). The first kappa shape index (κ1) is 12.8. The highest BCUT2D eigenvalue weighted by molar-refractivity contribution is 9.10. The number of nitrogens with zero attached hydrogens (tertiary/aromatic N) is 2. The zero-order chi connectivity index (χ0) is 13.3. The molecule has 0 bridgehead atoms. The van der Waals surface area contributed by atoms with E-state index in [1.165, 1.54) is 23.0 Å². The fourth-order valence-electron chi connectivity index (χ4n) is 1.63. The fourth-order valence-corrected chi connectivity index (χ4v) is 2.11. The Kier molecular flexibility index (Phi) is 3.47. The van der Waals surface area contributed by atoms with Crippen molar-refractivity contribution in [2.24, 2.45) is 0 Å². The summed E-state index contributed by atoms with van der Waals surface area (Å²) in [5, 5.41) is 13.0. The molecule has 1 N–H and O–H groups in total. The smallest absolute Gasteiger partial charge is 0.339 e.